The van der Waals surface area contributed by atoms with Crippen LogP contribution in [-0.4, -0.2) is 22.2 Å². The molecule has 6 heteroatoms. The van der Waals surface area contributed by atoms with E-state index >= 15 is 0 Å². The predicted molar refractivity (Wildman–Crippen MR) is 89.8 cm³/mol. The molecule has 1 aliphatic carbocycles. The standard InChI is InChI=1S/C19H18FN3O2/c20-13-3-5-15(6-4-13)23-10-8-14(22-23)7-9-21-19(24)17-12-16(17)18-2-1-11-25-18/h1-6,8,10-11,16-17H,7,9,12H2,(H,21,24)/t16-,17+/m1/s1. The van der Waals surface area contributed by atoms with Crippen LogP contribution in [0.15, 0.2) is 59.3 Å². The van der Waals surface area contributed by atoms with Gasteiger partial charge >= 0.3 is 0 Å². The molecule has 3 aromatic rings. The first-order chi connectivity index (χ1) is 12.2. The average Bonchev–Trinajstić information content (AvgIpc) is 3.02. The lowest BCUT2D eigenvalue weighted by atomic mass is 10.2. The van der Waals surface area contributed by atoms with Gasteiger partial charge in [-0.15, -0.1) is 0 Å². The number of hydrogen-bond acceptors (Lipinski definition) is 3. The molecule has 5 nitrogen and oxygen atoms in total. The number of hydrogen-bond donors (Lipinski definition) is 1. The van der Waals surface area contributed by atoms with E-state index < -0.39 is 0 Å². The van der Waals surface area contributed by atoms with Gasteiger partial charge in [0, 0.05) is 31.0 Å². The van der Waals surface area contributed by atoms with Gasteiger partial charge in [0.25, 0.3) is 0 Å². The summed E-state index contributed by atoms with van der Waals surface area (Å²) in [5, 5.41) is 7.41. The highest BCUT2D eigenvalue weighted by atomic mass is 19.1. The van der Waals surface area contributed by atoms with E-state index in [1.807, 2.05) is 24.4 Å². The number of nitrogens with zero attached hydrogens (tertiary/aromatic N) is 2. The summed E-state index contributed by atoms with van der Waals surface area (Å²) in [5.74, 6) is 0.917. The lowest BCUT2D eigenvalue weighted by Gasteiger charge is -2.03. The SMILES string of the molecule is O=C(NCCc1ccn(-c2ccc(F)cc2)n1)[C@H]1C[C@H]1c1ccco1. The third kappa shape index (κ3) is 3.47. The van der Waals surface area contributed by atoms with Gasteiger partial charge in [0.15, 0.2) is 0 Å². The number of carbonyl (C=O) groups is 1. The molecule has 4 rings (SSSR count). The van der Waals surface area contributed by atoms with Crippen molar-refractivity contribution < 1.29 is 13.6 Å². The predicted octanol–water partition coefficient (Wildman–Crippen LogP) is 3.07. The van der Waals surface area contributed by atoms with Crippen LogP contribution in [0.2, 0.25) is 0 Å². The second kappa shape index (κ2) is 6.55. The Morgan fingerprint density at radius 1 is 1.28 bits per heavy atom. The van der Waals surface area contributed by atoms with E-state index in [0.29, 0.717) is 13.0 Å². The number of aromatic nitrogens is 2. The topological polar surface area (TPSA) is 60.1 Å². The molecule has 0 spiro atoms. The second-order valence-corrected chi connectivity index (χ2v) is 6.23. The summed E-state index contributed by atoms with van der Waals surface area (Å²) in [6, 6.07) is 11.8. The molecular weight excluding hydrogens is 321 g/mol. The highest BCUT2D eigenvalue weighted by Gasteiger charge is 2.45. The van der Waals surface area contributed by atoms with Crippen LogP contribution < -0.4 is 5.32 Å². The summed E-state index contributed by atoms with van der Waals surface area (Å²) < 4.78 is 20.0. The van der Waals surface area contributed by atoms with Gasteiger partial charge < -0.3 is 9.73 Å². The molecule has 0 saturated heterocycles. The van der Waals surface area contributed by atoms with E-state index in [9.17, 15) is 9.18 Å². The van der Waals surface area contributed by atoms with Gasteiger partial charge in [0.05, 0.1) is 17.6 Å². The average molecular weight is 339 g/mol. The molecule has 0 bridgehead atoms. The molecular formula is C19H18FN3O2. The van der Waals surface area contributed by atoms with Gasteiger partial charge in [-0.25, -0.2) is 9.07 Å². The van der Waals surface area contributed by atoms with Crippen LogP contribution in [0.4, 0.5) is 4.39 Å². The normalized spacial score (nSPS) is 18.9. The zero-order valence-electron chi connectivity index (χ0n) is 13.6. The van der Waals surface area contributed by atoms with Crippen molar-refractivity contribution in [3.8, 4) is 5.69 Å². The van der Waals surface area contributed by atoms with E-state index in [1.54, 1.807) is 23.1 Å². The molecule has 0 aliphatic heterocycles. The first-order valence-electron chi connectivity index (χ1n) is 8.32. The highest BCUT2D eigenvalue weighted by molar-refractivity contribution is 5.82. The number of benzene rings is 1. The van der Waals surface area contributed by atoms with Crippen LogP contribution in [0.25, 0.3) is 5.69 Å². The Morgan fingerprint density at radius 2 is 2.12 bits per heavy atom. The molecule has 2 heterocycles. The summed E-state index contributed by atoms with van der Waals surface area (Å²) in [6.45, 7) is 0.542. The third-order valence-corrected chi connectivity index (χ3v) is 4.45. The molecule has 0 unspecified atom stereocenters. The van der Waals surface area contributed by atoms with Crippen molar-refractivity contribution in [3.05, 3.63) is 72.2 Å². The van der Waals surface area contributed by atoms with Crippen molar-refractivity contribution >= 4 is 5.91 Å². The smallest absolute Gasteiger partial charge is 0.223 e. The van der Waals surface area contributed by atoms with Crippen molar-refractivity contribution in [1.82, 2.24) is 15.1 Å². The molecule has 1 aromatic carbocycles. The van der Waals surface area contributed by atoms with Gasteiger partial charge in [0.2, 0.25) is 5.91 Å². The minimum Gasteiger partial charge on any atom is -0.469 e. The Kier molecular flexibility index (Phi) is 4.09. The molecule has 2 aromatic heterocycles. The van der Waals surface area contributed by atoms with Gasteiger partial charge in [-0.05, 0) is 48.9 Å². The number of carbonyl (C=O) groups excluding carboxylic acids is 1. The van der Waals surface area contributed by atoms with Crippen LogP contribution >= 0.6 is 0 Å². The van der Waals surface area contributed by atoms with E-state index in [1.165, 1.54) is 12.1 Å². The van der Waals surface area contributed by atoms with Crippen LogP contribution in [0.5, 0.6) is 0 Å². The van der Waals surface area contributed by atoms with Crippen molar-refractivity contribution in [1.29, 1.82) is 0 Å². The summed E-state index contributed by atoms with van der Waals surface area (Å²) in [5.41, 5.74) is 1.68. The Bertz CT molecular complexity index is 855. The first-order valence-corrected chi connectivity index (χ1v) is 8.32. The fourth-order valence-corrected chi connectivity index (χ4v) is 2.98. The molecule has 25 heavy (non-hydrogen) atoms. The monoisotopic (exact) mass is 339 g/mol. The highest BCUT2D eigenvalue weighted by Crippen LogP contribution is 2.47. The van der Waals surface area contributed by atoms with Crippen LogP contribution in [0.3, 0.4) is 0 Å². The van der Waals surface area contributed by atoms with Crippen molar-refractivity contribution in [3.63, 3.8) is 0 Å². The van der Waals surface area contributed by atoms with Gasteiger partial charge in [0.1, 0.15) is 11.6 Å². The van der Waals surface area contributed by atoms with E-state index in [4.69, 9.17) is 4.42 Å². The zero-order valence-corrected chi connectivity index (χ0v) is 13.6. The fraction of sp³-hybridized carbons (Fsp3) is 0.263. The Labute approximate surface area is 144 Å². The Hall–Kier alpha value is -2.89. The Morgan fingerprint density at radius 3 is 2.88 bits per heavy atom. The summed E-state index contributed by atoms with van der Waals surface area (Å²) in [7, 11) is 0. The molecule has 1 aliphatic rings. The van der Waals surface area contributed by atoms with Crippen molar-refractivity contribution in [2.45, 2.75) is 18.8 Å². The lowest BCUT2D eigenvalue weighted by molar-refractivity contribution is -0.122. The molecule has 1 N–H and O–H groups in total. The maximum absolute atomic E-state index is 13.0. The van der Waals surface area contributed by atoms with Crippen LogP contribution in [0.1, 0.15) is 23.8 Å². The van der Waals surface area contributed by atoms with Crippen molar-refractivity contribution in [2.75, 3.05) is 6.54 Å². The van der Waals surface area contributed by atoms with E-state index in [0.717, 1.165) is 23.6 Å². The molecule has 2 atom stereocenters. The van der Waals surface area contributed by atoms with E-state index in [2.05, 4.69) is 10.4 Å². The molecule has 128 valence electrons. The number of furan rings is 1. The number of rotatable bonds is 6. The van der Waals surface area contributed by atoms with Crippen LogP contribution in [0, 0.1) is 11.7 Å². The van der Waals surface area contributed by atoms with Gasteiger partial charge in [-0.3, -0.25) is 4.79 Å². The number of halogens is 1. The van der Waals surface area contributed by atoms with E-state index in [-0.39, 0.29) is 23.6 Å². The minimum absolute atomic E-state index is 0.0166. The summed E-state index contributed by atoms with van der Waals surface area (Å²) in [6.07, 6.45) is 4.97. The second-order valence-electron chi connectivity index (χ2n) is 6.23. The minimum atomic E-state index is -0.272. The zero-order chi connectivity index (χ0) is 17.2. The maximum atomic E-state index is 13.0. The fourth-order valence-electron chi connectivity index (χ4n) is 2.98. The molecule has 1 amide bonds. The number of nitrogens with one attached hydrogen (secondary N) is 1. The summed E-state index contributed by atoms with van der Waals surface area (Å²) >= 11 is 0. The Balaban J connectivity index is 1.27. The lowest BCUT2D eigenvalue weighted by Crippen LogP contribution is -2.27. The van der Waals surface area contributed by atoms with Crippen molar-refractivity contribution in [2.24, 2.45) is 5.92 Å². The van der Waals surface area contributed by atoms with Gasteiger partial charge in [-0.1, -0.05) is 0 Å². The summed E-state index contributed by atoms with van der Waals surface area (Å²) in [4.78, 5) is 12.1. The van der Waals surface area contributed by atoms with Gasteiger partial charge in [-0.2, -0.15) is 5.10 Å². The molecule has 0 radical (unpaired) electrons. The first kappa shape index (κ1) is 15.6. The quantitative estimate of drug-likeness (QED) is 0.751. The maximum Gasteiger partial charge on any atom is 0.223 e. The van der Waals surface area contributed by atoms with Crippen LogP contribution in [-0.2, 0) is 11.2 Å². The molecule has 1 saturated carbocycles. The largest absolute Gasteiger partial charge is 0.469 e. The number of amides is 1. The molecule has 1 fully saturated rings. The third-order valence-electron chi connectivity index (χ3n) is 4.45.